The number of rotatable bonds is 7. The first-order valence-corrected chi connectivity index (χ1v) is 9.69. The van der Waals surface area contributed by atoms with E-state index in [1.807, 2.05) is 0 Å². The second-order valence-electron chi connectivity index (χ2n) is 7.45. The van der Waals surface area contributed by atoms with E-state index in [0.29, 0.717) is 23.3 Å². The Morgan fingerprint density at radius 2 is 2.10 bits per heavy atom. The Labute approximate surface area is 200 Å². The quantitative estimate of drug-likeness (QED) is 0.664. The highest BCUT2D eigenvalue weighted by molar-refractivity contribution is 5.76. The Balaban J connectivity index is 2.17. The van der Waals surface area contributed by atoms with Crippen LogP contribution in [-0.4, -0.2) is 50.3 Å². The number of fused-ring (bicyclic) bond motifs is 3. The maximum absolute atomic E-state index is 13.4. The zero-order valence-corrected chi connectivity index (χ0v) is 17.4. The van der Waals surface area contributed by atoms with Crippen molar-refractivity contribution in [3.05, 3.63) is 23.3 Å². The predicted molar refractivity (Wildman–Crippen MR) is 118 cm³/mol. The molecule has 2 heterocycles. The van der Waals surface area contributed by atoms with Gasteiger partial charge in [-0.2, -0.15) is 0 Å². The van der Waals surface area contributed by atoms with Crippen LogP contribution in [0.4, 0.5) is 0 Å². The maximum Gasteiger partial charge on any atom is 0.323 e. The Hall–Kier alpha value is -1.79. The summed E-state index contributed by atoms with van der Waals surface area (Å²) in [5.41, 5.74) is 6.89. The third-order valence-corrected chi connectivity index (χ3v) is 5.45. The molecule has 0 saturated carbocycles. The molecule has 4 unspecified atom stereocenters. The summed E-state index contributed by atoms with van der Waals surface area (Å²) < 4.78 is 130. The molecule has 1 fully saturated rings. The van der Waals surface area contributed by atoms with Crippen molar-refractivity contribution in [3.8, 4) is 11.5 Å². The third-order valence-electron chi connectivity index (χ3n) is 5.45. The van der Waals surface area contributed by atoms with Crippen molar-refractivity contribution in [2.24, 2.45) is 23.4 Å². The molecule has 0 aliphatic carbocycles. The Kier molecular flexibility index (Phi) is 3.41. The molecular formula is C24H38N2O4. The molecule has 0 spiro atoms. The molecule has 0 bridgehead atoms. The van der Waals surface area contributed by atoms with Crippen LogP contribution in [-0.2, 0) is 16.0 Å². The highest BCUT2D eigenvalue weighted by Gasteiger charge is 2.41. The van der Waals surface area contributed by atoms with Gasteiger partial charge in [-0.1, -0.05) is 27.5 Å². The fourth-order valence-electron chi connectivity index (χ4n) is 3.97. The van der Waals surface area contributed by atoms with Gasteiger partial charge in [0.25, 0.3) is 0 Å². The van der Waals surface area contributed by atoms with Gasteiger partial charge in [0.2, 0.25) is 0 Å². The number of nitrogens with zero attached hydrogens (tertiary/aromatic N) is 1. The van der Waals surface area contributed by atoms with Gasteiger partial charge in [0.15, 0.2) is 11.5 Å². The van der Waals surface area contributed by atoms with Crippen molar-refractivity contribution in [1.29, 1.82) is 0 Å². The summed E-state index contributed by atoms with van der Waals surface area (Å²) in [6.07, 6.45) is -4.71. The van der Waals surface area contributed by atoms with Crippen LogP contribution in [0.25, 0.3) is 0 Å². The van der Waals surface area contributed by atoms with Crippen molar-refractivity contribution in [3.63, 3.8) is 0 Å². The fourth-order valence-corrected chi connectivity index (χ4v) is 3.97. The van der Waals surface area contributed by atoms with Gasteiger partial charge in [-0.3, -0.25) is 9.69 Å². The molecule has 2 aliphatic heterocycles. The first kappa shape index (κ1) is 10.7. The Bertz CT molecular complexity index is 1230. The number of carbonyl (C=O) groups is 1. The summed E-state index contributed by atoms with van der Waals surface area (Å²) in [6.45, 7) is -9.59. The van der Waals surface area contributed by atoms with Gasteiger partial charge in [0.1, 0.15) is 12.1 Å². The fraction of sp³-hybridized carbons (Fsp3) is 0.708. The minimum atomic E-state index is -3.58. The SMILES string of the molecule is [2H]C12CC(OC(=O)[C@@H](N)C([2H])(C([2H])([2H])[2H])C([2H])([2H])[2H])C(C([2H])([2H])C([2H])(C)C([2H])([2H])[2H])CN1CCc1cc(OC)c(OC)cc12. The molecule has 0 amide bonds. The normalized spacial score (nSPS) is 38.3. The molecule has 2 N–H and O–H groups in total. The van der Waals surface area contributed by atoms with Gasteiger partial charge in [-0.15, -0.1) is 0 Å². The van der Waals surface area contributed by atoms with E-state index >= 15 is 0 Å². The van der Waals surface area contributed by atoms with Gasteiger partial charge >= 0.3 is 5.97 Å². The number of nitrogens with two attached hydrogens (primary N) is 1. The smallest absolute Gasteiger partial charge is 0.323 e. The molecule has 5 atom stereocenters. The molecule has 6 nitrogen and oxygen atoms in total. The molecule has 1 aromatic carbocycles. The maximum atomic E-state index is 13.4. The zero-order chi connectivity index (χ0) is 34.1. The van der Waals surface area contributed by atoms with Gasteiger partial charge in [0.05, 0.1) is 15.6 Å². The number of ether oxygens (including phenoxy) is 3. The summed E-state index contributed by atoms with van der Waals surface area (Å²) in [5, 5.41) is 0. The molecule has 1 saturated heterocycles. The zero-order valence-electron chi connectivity index (χ0n) is 31.4. The monoisotopic (exact) mass is 432 g/mol. The van der Waals surface area contributed by atoms with E-state index in [-0.39, 0.29) is 18.8 Å². The summed E-state index contributed by atoms with van der Waals surface area (Å²) in [7, 11) is 2.83. The Morgan fingerprint density at radius 3 is 2.77 bits per heavy atom. The van der Waals surface area contributed by atoms with Crippen molar-refractivity contribution in [2.45, 2.75) is 64.9 Å². The molecular weight excluding hydrogens is 380 g/mol. The van der Waals surface area contributed by atoms with Crippen molar-refractivity contribution < 1.29 is 38.2 Å². The lowest BCUT2D eigenvalue weighted by Gasteiger charge is -2.47. The van der Waals surface area contributed by atoms with Crippen molar-refractivity contribution in [1.82, 2.24) is 4.90 Å². The highest BCUT2D eigenvalue weighted by Crippen LogP contribution is 2.44. The van der Waals surface area contributed by atoms with E-state index < -0.39 is 75.2 Å². The molecule has 0 aromatic heterocycles. The van der Waals surface area contributed by atoms with Gasteiger partial charge in [0, 0.05) is 49.3 Å². The van der Waals surface area contributed by atoms with E-state index in [1.54, 1.807) is 17.0 Å². The van der Waals surface area contributed by atoms with Crippen LogP contribution in [0.3, 0.4) is 0 Å². The van der Waals surface area contributed by atoms with E-state index in [1.165, 1.54) is 14.2 Å². The molecule has 0 radical (unpaired) electrons. The van der Waals surface area contributed by atoms with Crippen LogP contribution in [0.1, 0.15) is 76.6 Å². The van der Waals surface area contributed by atoms with Crippen LogP contribution >= 0.6 is 0 Å². The van der Waals surface area contributed by atoms with Gasteiger partial charge < -0.3 is 19.9 Å². The number of methoxy groups -OCH3 is 2. The molecule has 168 valence electrons. The largest absolute Gasteiger partial charge is 0.493 e. The van der Waals surface area contributed by atoms with Gasteiger partial charge in [-0.25, -0.2) is 0 Å². The van der Waals surface area contributed by atoms with E-state index in [0.717, 1.165) is 6.92 Å². The first-order chi connectivity index (χ1) is 19.7. The lowest BCUT2D eigenvalue weighted by Crippen LogP contribution is -2.51. The van der Waals surface area contributed by atoms with Crippen LogP contribution in [0.15, 0.2) is 12.1 Å². The third kappa shape index (κ3) is 4.75. The minimum Gasteiger partial charge on any atom is -0.493 e. The van der Waals surface area contributed by atoms with Crippen LogP contribution in [0.2, 0.25) is 0 Å². The summed E-state index contributed by atoms with van der Waals surface area (Å²) in [4.78, 5) is 15.0. The van der Waals surface area contributed by atoms with Crippen LogP contribution in [0.5, 0.6) is 11.5 Å². The number of hydrogen-bond acceptors (Lipinski definition) is 6. The number of piperidine rings is 1. The van der Waals surface area contributed by atoms with Crippen molar-refractivity contribution >= 4 is 5.97 Å². The van der Waals surface area contributed by atoms with E-state index in [2.05, 4.69) is 0 Å². The molecule has 6 heteroatoms. The second kappa shape index (κ2) is 9.56. The second-order valence-corrected chi connectivity index (χ2v) is 7.45. The van der Waals surface area contributed by atoms with Crippen LogP contribution < -0.4 is 15.2 Å². The number of carbonyl (C=O) groups excluding carboxylic acids is 1. The average Bonchev–Trinajstić information content (AvgIpc) is 2.88. The lowest BCUT2D eigenvalue weighted by molar-refractivity contribution is -0.160. The molecule has 30 heavy (non-hydrogen) atoms. The lowest BCUT2D eigenvalue weighted by atomic mass is 9.79. The predicted octanol–water partition coefficient (Wildman–Crippen LogP) is 3.56. The summed E-state index contributed by atoms with van der Waals surface area (Å²) in [5.74, 6) is -8.81. The first-order valence-electron chi connectivity index (χ1n) is 16.7. The van der Waals surface area contributed by atoms with E-state index in [9.17, 15) is 6.17 Å². The number of benzene rings is 1. The Morgan fingerprint density at radius 1 is 1.37 bits per heavy atom. The summed E-state index contributed by atoms with van der Waals surface area (Å²) in [6, 6.07) is -1.05. The highest BCUT2D eigenvalue weighted by atomic mass is 16.5. The minimum absolute atomic E-state index is 0.204. The average molecular weight is 433 g/mol. The van der Waals surface area contributed by atoms with E-state index in [4.69, 9.17) is 37.8 Å². The topological polar surface area (TPSA) is 74.0 Å². The molecule has 2 aliphatic rings. The molecule has 3 rings (SSSR count). The van der Waals surface area contributed by atoms with Crippen LogP contribution in [0, 0.1) is 17.7 Å². The molecule has 1 aromatic rings. The van der Waals surface area contributed by atoms with Crippen molar-refractivity contribution in [2.75, 3.05) is 27.3 Å². The summed E-state index contributed by atoms with van der Waals surface area (Å²) >= 11 is 0. The number of esters is 1. The van der Waals surface area contributed by atoms with Gasteiger partial charge in [-0.05, 0) is 47.8 Å². The standard InChI is InChI=1S/C24H38N2O4/c1-14(2)9-17-13-26-8-7-16-10-21(28-5)22(29-6)11-18(16)19(26)12-20(17)30-24(27)23(25)15(3)4/h10-11,14-15,17,19-20,23H,7-9,12-13,25H2,1-6H3/t17?,19?,20?,23-/m0/s1/i1D3,3D3,4D3,9D2,14D,15D,19D/t14?,17?,19?,20?,23-. The number of hydrogen-bond donors (Lipinski definition) is 1.